The summed E-state index contributed by atoms with van der Waals surface area (Å²) >= 11 is 0. The van der Waals surface area contributed by atoms with Crippen LogP contribution in [0.25, 0.3) is 0 Å². The van der Waals surface area contributed by atoms with Crippen LogP contribution < -0.4 is 16.4 Å². The Hall–Kier alpha value is -2.41. The number of rotatable bonds is 7. The number of carbonyl (C=O) groups excluding carboxylic acids is 3. The SMILES string of the molecule is NC(=O)CN1CCC(NC(=O)CNC(=O)Cc2ccccc2)CC1. The fourth-order valence-electron chi connectivity index (χ4n) is 2.76. The second kappa shape index (κ2) is 9.02. The van der Waals surface area contributed by atoms with E-state index >= 15 is 0 Å². The molecule has 0 unspecified atom stereocenters. The number of amides is 3. The number of piperidine rings is 1. The van der Waals surface area contributed by atoms with Gasteiger partial charge in [-0.3, -0.25) is 19.3 Å². The smallest absolute Gasteiger partial charge is 0.239 e. The Morgan fingerprint density at radius 3 is 2.38 bits per heavy atom. The van der Waals surface area contributed by atoms with Crippen LogP contribution in [0.4, 0.5) is 0 Å². The molecule has 1 saturated heterocycles. The molecule has 0 bridgehead atoms. The molecule has 0 spiro atoms. The van der Waals surface area contributed by atoms with Crippen molar-refractivity contribution >= 4 is 17.7 Å². The van der Waals surface area contributed by atoms with Gasteiger partial charge in [0, 0.05) is 19.1 Å². The summed E-state index contributed by atoms with van der Waals surface area (Å²) in [6.45, 7) is 1.70. The lowest BCUT2D eigenvalue weighted by Crippen LogP contribution is -2.48. The van der Waals surface area contributed by atoms with Crippen molar-refractivity contribution in [1.29, 1.82) is 0 Å². The molecule has 24 heavy (non-hydrogen) atoms. The zero-order chi connectivity index (χ0) is 17.4. The minimum atomic E-state index is -0.335. The number of hydrogen-bond donors (Lipinski definition) is 3. The van der Waals surface area contributed by atoms with Crippen LogP contribution in [0.5, 0.6) is 0 Å². The molecule has 0 saturated carbocycles. The number of nitrogens with zero attached hydrogens (tertiary/aromatic N) is 1. The van der Waals surface area contributed by atoms with Crippen molar-refractivity contribution in [3.05, 3.63) is 35.9 Å². The molecule has 1 aromatic rings. The maximum Gasteiger partial charge on any atom is 0.239 e. The van der Waals surface area contributed by atoms with Crippen LogP contribution in [-0.2, 0) is 20.8 Å². The zero-order valence-corrected chi connectivity index (χ0v) is 13.7. The molecule has 1 fully saturated rings. The van der Waals surface area contributed by atoms with Gasteiger partial charge in [-0.05, 0) is 18.4 Å². The molecule has 0 atom stereocenters. The van der Waals surface area contributed by atoms with Gasteiger partial charge in [0.25, 0.3) is 0 Å². The lowest BCUT2D eigenvalue weighted by molar-refractivity contribution is -0.126. The largest absolute Gasteiger partial charge is 0.369 e. The van der Waals surface area contributed by atoms with Crippen LogP contribution in [0.15, 0.2) is 30.3 Å². The number of nitrogens with two attached hydrogens (primary N) is 1. The number of likely N-dealkylation sites (tertiary alicyclic amines) is 1. The molecule has 4 N–H and O–H groups in total. The molecule has 1 aromatic carbocycles. The Morgan fingerprint density at radius 2 is 1.75 bits per heavy atom. The second-order valence-corrected chi connectivity index (χ2v) is 6.02. The molecule has 130 valence electrons. The monoisotopic (exact) mass is 332 g/mol. The van der Waals surface area contributed by atoms with Crippen molar-refractivity contribution in [2.45, 2.75) is 25.3 Å². The van der Waals surface area contributed by atoms with Crippen LogP contribution >= 0.6 is 0 Å². The van der Waals surface area contributed by atoms with Gasteiger partial charge in [0.05, 0.1) is 19.5 Å². The molecule has 0 aromatic heterocycles. The van der Waals surface area contributed by atoms with Crippen LogP contribution in [-0.4, -0.2) is 54.8 Å². The summed E-state index contributed by atoms with van der Waals surface area (Å²) < 4.78 is 0. The van der Waals surface area contributed by atoms with E-state index in [2.05, 4.69) is 10.6 Å². The first kappa shape index (κ1) is 17.9. The van der Waals surface area contributed by atoms with Crippen molar-refractivity contribution in [3.63, 3.8) is 0 Å². The van der Waals surface area contributed by atoms with E-state index in [1.807, 2.05) is 35.2 Å². The molecule has 0 radical (unpaired) electrons. The van der Waals surface area contributed by atoms with E-state index in [-0.39, 0.29) is 43.3 Å². The highest BCUT2D eigenvalue weighted by atomic mass is 16.2. The summed E-state index contributed by atoms with van der Waals surface area (Å²) in [6.07, 6.45) is 1.81. The normalized spacial score (nSPS) is 15.7. The van der Waals surface area contributed by atoms with Crippen LogP contribution in [0.2, 0.25) is 0 Å². The van der Waals surface area contributed by atoms with E-state index in [1.165, 1.54) is 0 Å². The summed E-state index contributed by atoms with van der Waals surface area (Å²) in [5, 5.41) is 5.55. The van der Waals surface area contributed by atoms with E-state index in [0.717, 1.165) is 31.5 Å². The van der Waals surface area contributed by atoms with E-state index in [4.69, 9.17) is 5.73 Å². The first-order chi connectivity index (χ1) is 11.5. The average molecular weight is 332 g/mol. The quantitative estimate of drug-likeness (QED) is 0.621. The molecule has 0 aliphatic carbocycles. The van der Waals surface area contributed by atoms with Crippen LogP contribution in [0.3, 0.4) is 0 Å². The van der Waals surface area contributed by atoms with Crippen molar-refractivity contribution in [1.82, 2.24) is 15.5 Å². The Bertz CT molecular complexity index is 568. The summed E-state index contributed by atoms with van der Waals surface area (Å²) in [5.41, 5.74) is 6.09. The van der Waals surface area contributed by atoms with Crippen LogP contribution in [0.1, 0.15) is 18.4 Å². The summed E-state index contributed by atoms with van der Waals surface area (Å²) in [4.78, 5) is 36.6. The fraction of sp³-hybridized carbons (Fsp3) is 0.471. The van der Waals surface area contributed by atoms with E-state index in [0.29, 0.717) is 0 Å². The maximum atomic E-state index is 11.9. The molecule has 1 aliphatic rings. The van der Waals surface area contributed by atoms with Gasteiger partial charge in [-0.25, -0.2) is 0 Å². The number of primary amides is 1. The molecule has 1 aliphatic heterocycles. The Kier molecular flexibility index (Phi) is 6.74. The van der Waals surface area contributed by atoms with Gasteiger partial charge in [0.1, 0.15) is 0 Å². The first-order valence-electron chi connectivity index (χ1n) is 8.13. The highest BCUT2D eigenvalue weighted by Gasteiger charge is 2.21. The summed E-state index contributed by atoms with van der Waals surface area (Å²) in [5.74, 6) is -0.698. The molecular weight excluding hydrogens is 308 g/mol. The maximum absolute atomic E-state index is 11.9. The molecule has 7 nitrogen and oxygen atoms in total. The third-order valence-corrected chi connectivity index (χ3v) is 3.99. The van der Waals surface area contributed by atoms with Crippen molar-refractivity contribution < 1.29 is 14.4 Å². The first-order valence-corrected chi connectivity index (χ1v) is 8.13. The molecule has 2 rings (SSSR count). The predicted octanol–water partition coefficient (Wildman–Crippen LogP) is -0.589. The number of carbonyl (C=O) groups is 3. The van der Waals surface area contributed by atoms with E-state index in [9.17, 15) is 14.4 Å². The number of benzene rings is 1. The second-order valence-electron chi connectivity index (χ2n) is 6.02. The predicted molar refractivity (Wildman–Crippen MR) is 90.0 cm³/mol. The van der Waals surface area contributed by atoms with E-state index in [1.54, 1.807) is 0 Å². The summed E-state index contributed by atoms with van der Waals surface area (Å²) in [6, 6.07) is 9.47. The fourth-order valence-corrected chi connectivity index (χ4v) is 2.76. The Morgan fingerprint density at radius 1 is 1.08 bits per heavy atom. The van der Waals surface area contributed by atoms with Crippen molar-refractivity contribution in [3.8, 4) is 0 Å². The van der Waals surface area contributed by atoms with E-state index < -0.39 is 0 Å². The Balaban J connectivity index is 1.63. The topological polar surface area (TPSA) is 105 Å². The van der Waals surface area contributed by atoms with Crippen LogP contribution in [0, 0.1) is 0 Å². The third kappa shape index (κ3) is 6.37. The van der Waals surface area contributed by atoms with Gasteiger partial charge in [-0.1, -0.05) is 30.3 Å². The highest BCUT2D eigenvalue weighted by Crippen LogP contribution is 2.09. The average Bonchev–Trinajstić information content (AvgIpc) is 2.55. The minimum absolute atomic E-state index is 0.0207. The lowest BCUT2D eigenvalue weighted by atomic mass is 10.1. The van der Waals surface area contributed by atoms with Gasteiger partial charge in [0.2, 0.25) is 17.7 Å². The minimum Gasteiger partial charge on any atom is -0.369 e. The van der Waals surface area contributed by atoms with Crippen molar-refractivity contribution in [2.75, 3.05) is 26.2 Å². The molecular formula is C17H24N4O3. The number of nitrogens with one attached hydrogen (secondary N) is 2. The third-order valence-electron chi connectivity index (χ3n) is 3.99. The number of hydrogen-bond acceptors (Lipinski definition) is 4. The molecule has 3 amide bonds. The standard InChI is InChI=1S/C17H24N4O3/c18-15(22)12-21-8-6-14(7-9-21)20-17(24)11-19-16(23)10-13-4-2-1-3-5-13/h1-5,14H,6-12H2,(H2,18,22)(H,19,23)(H,20,24). The van der Waals surface area contributed by atoms with Crippen molar-refractivity contribution in [2.24, 2.45) is 5.73 Å². The zero-order valence-electron chi connectivity index (χ0n) is 13.7. The van der Waals surface area contributed by atoms with Gasteiger partial charge in [0.15, 0.2) is 0 Å². The van der Waals surface area contributed by atoms with Gasteiger partial charge in [-0.2, -0.15) is 0 Å². The summed E-state index contributed by atoms with van der Waals surface area (Å²) in [7, 11) is 0. The highest BCUT2D eigenvalue weighted by molar-refractivity contribution is 5.85. The van der Waals surface area contributed by atoms with Gasteiger partial charge in [-0.15, -0.1) is 0 Å². The molecule has 7 heteroatoms. The Labute approximate surface area is 141 Å². The van der Waals surface area contributed by atoms with Gasteiger partial charge >= 0.3 is 0 Å². The van der Waals surface area contributed by atoms with Gasteiger partial charge < -0.3 is 16.4 Å². The lowest BCUT2D eigenvalue weighted by Gasteiger charge is -2.31. The molecule has 1 heterocycles.